The van der Waals surface area contributed by atoms with Gasteiger partial charge in [-0.05, 0) is 12.1 Å². The molecule has 0 bridgehead atoms. The van der Waals surface area contributed by atoms with E-state index in [0.717, 1.165) is 0 Å². The minimum atomic E-state index is -0.350. The number of hydrogen-bond donors (Lipinski definition) is 0. The molecule has 0 aliphatic carbocycles. The van der Waals surface area contributed by atoms with Crippen LogP contribution in [0.3, 0.4) is 0 Å². The molecule has 1 aromatic carbocycles. The molecule has 5 heteroatoms. The lowest BCUT2D eigenvalue weighted by Gasteiger charge is -2.31. The summed E-state index contributed by atoms with van der Waals surface area (Å²) in [6.45, 7) is 1.23. The second-order valence-corrected chi connectivity index (χ2v) is 4.53. The predicted octanol–water partition coefficient (Wildman–Crippen LogP) is 2.43. The summed E-state index contributed by atoms with van der Waals surface area (Å²) in [7, 11) is 0. The molecule has 1 heterocycles. The molecule has 1 aliphatic rings. The maximum atomic E-state index is 13.4. The van der Waals surface area contributed by atoms with Crippen LogP contribution in [0.15, 0.2) is 24.3 Å². The Hall–Kier alpha value is -1.29. The molecule has 2 rings (SSSR count). The Morgan fingerprint density at radius 3 is 2.67 bits per heavy atom. The van der Waals surface area contributed by atoms with Gasteiger partial charge in [0, 0.05) is 25.9 Å². The molecule has 0 unspecified atom stereocenters. The Labute approximate surface area is 110 Å². The topological polar surface area (TPSA) is 29.5 Å². The highest BCUT2D eigenvalue weighted by Gasteiger charge is 2.23. The fourth-order valence-electron chi connectivity index (χ4n) is 2.03. The summed E-state index contributed by atoms with van der Waals surface area (Å²) in [4.78, 5) is 13.1. The summed E-state index contributed by atoms with van der Waals surface area (Å²) in [5.74, 6) is -0.115. The van der Waals surface area contributed by atoms with Crippen LogP contribution in [0.4, 0.5) is 4.39 Å². The summed E-state index contributed by atoms with van der Waals surface area (Å²) in [5, 5.41) is 0. The lowest BCUT2D eigenvalue weighted by atomic mass is 10.1. The number of carbonyl (C=O) groups excluding carboxylic acids is 1. The Balaban J connectivity index is 1.87. The number of nitrogens with zero attached hydrogens (tertiary/aromatic N) is 1. The number of halogens is 2. The summed E-state index contributed by atoms with van der Waals surface area (Å²) in [6.07, 6.45) is 1.37. The monoisotopic (exact) mass is 271 g/mol. The largest absolute Gasteiger partial charge is 0.487 e. The van der Waals surface area contributed by atoms with Crippen molar-refractivity contribution in [3.05, 3.63) is 30.1 Å². The molecule has 0 radical (unpaired) electrons. The number of amides is 1. The number of ether oxygens (including phenoxy) is 1. The molecular formula is C13H15ClFNO2. The standard InChI is InChI=1S/C13H15ClFNO2/c14-9-13(17)16-7-5-10(6-8-16)18-12-4-2-1-3-11(12)15/h1-4,10H,5-9H2. The number of likely N-dealkylation sites (tertiary alicyclic amines) is 1. The van der Waals surface area contributed by atoms with E-state index >= 15 is 0 Å². The van der Waals surface area contributed by atoms with E-state index in [1.165, 1.54) is 6.07 Å². The lowest BCUT2D eigenvalue weighted by Crippen LogP contribution is -2.42. The first kappa shape index (κ1) is 13.1. The van der Waals surface area contributed by atoms with Gasteiger partial charge in [-0.1, -0.05) is 12.1 Å². The number of piperidine rings is 1. The van der Waals surface area contributed by atoms with Gasteiger partial charge in [-0.2, -0.15) is 0 Å². The van der Waals surface area contributed by atoms with Gasteiger partial charge in [0.1, 0.15) is 12.0 Å². The molecular weight excluding hydrogens is 257 g/mol. The zero-order valence-corrected chi connectivity index (χ0v) is 10.7. The van der Waals surface area contributed by atoms with Crippen LogP contribution in [0.1, 0.15) is 12.8 Å². The SMILES string of the molecule is O=C(CCl)N1CCC(Oc2ccccc2F)CC1. The molecule has 0 atom stereocenters. The summed E-state index contributed by atoms with van der Waals surface area (Å²) in [5.41, 5.74) is 0. The highest BCUT2D eigenvalue weighted by Crippen LogP contribution is 2.21. The third-order valence-corrected chi connectivity index (χ3v) is 3.27. The molecule has 1 fully saturated rings. The first-order valence-corrected chi connectivity index (χ1v) is 6.49. The minimum Gasteiger partial charge on any atom is -0.487 e. The van der Waals surface area contributed by atoms with E-state index in [-0.39, 0.29) is 29.5 Å². The smallest absolute Gasteiger partial charge is 0.237 e. The van der Waals surface area contributed by atoms with Crippen molar-refractivity contribution in [2.24, 2.45) is 0 Å². The Kier molecular flexibility index (Phi) is 4.42. The maximum absolute atomic E-state index is 13.4. The van der Waals surface area contributed by atoms with Gasteiger partial charge in [0.2, 0.25) is 5.91 Å². The van der Waals surface area contributed by atoms with E-state index in [1.54, 1.807) is 23.1 Å². The fourth-order valence-corrected chi connectivity index (χ4v) is 2.20. The maximum Gasteiger partial charge on any atom is 0.237 e. The molecule has 0 saturated carbocycles. The van der Waals surface area contributed by atoms with E-state index in [4.69, 9.17) is 16.3 Å². The highest BCUT2D eigenvalue weighted by atomic mass is 35.5. The average molecular weight is 272 g/mol. The zero-order chi connectivity index (χ0) is 13.0. The third kappa shape index (κ3) is 3.13. The van der Waals surface area contributed by atoms with E-state index in [0.29, 0.717) is 25.9 Å². The second-order valence-electron chi connectivity index (χ2n) is 4.26. The van der Waals surface area contributed by atoms with Crippen molar-refractivity contribution in [2.45, 2.75) is 18.9 Å². The van der Waals surface area contributed by atoms with Gasteiger partial charge in [-0.3, -0.25) is 4.79 Å². The predicted molar refractivity (Wildman–Crippen MR) is 67.4 cm³/mol. The van der Waals surface area contributed by atoms with Crippen molar-refractivity contribution in [3.8, 4) is 5.75 Å². The first-order valence-electron chi connectivity index (χ1n) is 5.95. The van der Waals surface area contributed by atoms with E-state index in [9.17, 15) is 9.18 Å². The van der Waals surface area contributed by atoms with Gasteiger partial charge in [0.05, 0.1) is 0 Å². The number of alkyl halides is 1. The number of hydrogen-bond acceptors (Lipinski definition) is 2. The van der Waals surface area contributed by atoms with Crippen molar-refractivity contribution in [1.29, 1.82) is 0 Å². The first-order chi connectivity index (χ1) is 8.70. The summed E-state index contributed by atoms with van der Waals surface area (Å²) in [6, 6.07) is 6.36. The molecule has 3 nitrogen and oxygen atoms in total. The Bertz CT molecular complexity index is 419. The third-order valence-electron chi connectivity index (χ3n) is 3.04. The molecule has 0 spiro atoms. The van der Waals surface area contributed by atoms with Gasteiger partial charge in [0.15, 0.2) is 11.6 Å². The van der Waals surface area contributed by atoms with Crippen LogP contribution in [-0.4, -0.2) is 35.9 Å². The molecule has 1 amide bonds. The number of benzene rings is 1. The van der Waals surface area contributed by atoms with Crippen LogP contribution in [0.5, 0.6) is 5.75 Å². The van der Waals surface area contributed by atoms with Crippen molar-refractivity contribution >= 4 is 17.5 Å². The van der Waals surface area contributed by atoms with Crippen molar-refractivity contribution in [3.63, 3.8) is 0 Å². The minimum absolute atomic E-state index is 0.0127. The summed E-state index contributed by atoms with van der Waals surface area (Å²) >= 11 is 5.50. The van der Waals surface area contributed by atoms with Crippen molar-refractivity contribution < 1.29 is 13.9 Å². The van der Waals surface area contributed by atoms with E-state index in [2.05, 4.69) is 0 Å². The van der Waals surface area contributed by atoms with Gasteiger partial charge in [-0.15, -0.1) is 11.6 Å². The normalized spacial score (nSPS) is 16.7. The van der Waals surface area contributed by atoms with E-state index in [1.807, 2.05) is 0 Å². The van der Waals surface area contributed by atoms with E-state index < -0.39 is 0 Å². The van der Waals surface area contributed by atoms with Crippen LogP contribution in [0, 0.1) is 5.82 Å². The molecule has 1 aliphatic heterocycles. The Morgan fingerprint density at radius 2 is 2.06 bits per heavy atom. The highest BCUT2D eigenvalue weighted by molar-refractivity contribution is 6.27. The van der Waals surface area contributed by atoms with Gasteiger partial charge >= 0.3 is 0 Å². The molecule has 0 N–H and O–H groups in total. The number of para-hydroxylation sites is 1. The van der Waals surface area contributed by atoms with Crippen molar-refractivity contribution in [1.82, 2.24) is 4.90 Å². The lowest BCUT2D eigenvalue weighted by molar-refractivity contribution is -0.130. The fraction of sp³-hybridized carbons (Fsp3) is 0.462. The molecule has 98 valence electrons. The molecule has 1 aromatic rings. The zero-order valence-electron chi connectivity index (χ0n) is 9.94. The average Bonchev–Trinajstić information content (AvgIpc) is 2.41. The van der Waals surface area contributed by atoms with Crippen LogP contribution < -0.4 is 4.74 Å². The second kappa shape index (κ2) is 6.05. The molecule has 0 aromatic heterocycles. The number of rotatable bonds is 3. The molecule has 1 saturated heterocycles. The van der Waals surface area contributed by atoms with Crippen LogP contribution in [0.2, 0.25) is 0 Å². The van der Waals surface area contributed by atoms with Gasteiger partial charge in [0.25, 0.3) is 0 Å². The summed E-state index contributed by atoms with van der Waals surface area (Å²) < 4.78 is 19.0. The van der Waals surface area contributed by atoms with Crippen LogP contribution in [0.25, 0.3) is 0 Å². The quantitative estimate of drug-likeness (QED) is 0.791. The molecule has 18 heavy (non-hydrogen) atoms. The Morgan fingerprint density at radius 1 is 1.39 bits per heavy atom. The number of carbonyl (C=O) groups is 1. The van der Waals surface area contributed by atoms with Gasteiger partial charge < -0.3 is 9.64 Å². The van der Waals surface area contributed by atoms with Crippen molar-refractivity contribution in [2.75, 3.05) is 19.0 Å². The van der Waals surface area contributed by atoms with Crippen LogP contribution >= 0.6 is 11.6 Å². The van der Waals surface area contributed by atoms with Crippen LogP contribution in [-0.2, 0) is 4.79 Å². The van der Waals surface area contributed by atoms with Gasteiger partial charge in [-0.25, -0.2) is 4.39 Å².